The van der Waals surface area contributed by atoms with Crippen LogP contribution < -0.4 is 0 Å². The van der Waals surface area contributed by atoms with Gasteiger partial charge in [-0.15, -0.1) is 11.3 Å². The first-order chi connectivity index (χ1) is 7.25. The molecule has 1 aliphatic rings. The Labute approximate surface area is 94.9 Å². The quantitative estimate of drug-likeness (QED) is 0.834. The Balaban J connectivity index is 1.82. The van der Waals surface area contributed by atoms with E-state index >= 15 is 0 Å². The van der Waals surface area contributed by atoms with Gasteiger partial charge in [-0.2, -0.15) is 0 Å². The number of thiophene rings is 1. The summed E-state index contributed by atoms with van der Waals surface area (Å²) in [5.74, 6) is 0. The van der Waals surface area contributed by atoms with Gasteiger partial charge < -0.3 is 10.0 Å². The third-order valence-corrected chi connectivity index (χ3v) is 3.87. The van der Waals surface area contributed by atoms with Crippen LogP contribution in [0.15, 0.2) is 17.5 Å². The molecule has 4 heteroatoms. The molecule has 1 N–H and O–H groups in total. The fourth-order valence-corrected chi connectivity index (χ4v) is 2.55. The molecule has 0 bridgehead atoms. The lowest BCUT2D eigenvalue weighted by Crippen LogP contribution is -2.45. The number of aliphatic hydroxyl groups is 1. The maximum Gasteiger partial charge on any atom is 0.101 e. The minimum Gasteiger partial charge on any atom is -0.386 e. The van der Waals surface area contributed by atoms with Gasteiger partial charge in [-0.25, -0.2) is 0 Å². The summed E-state index contributed by atoms with van der Waals surface area (Å²) in [6, 6.07) is 4.00. The number of hydrogen-bond acceptors (Lipinski definition) is 4. The van der Waals surface area contributed by atoms with E-state index in [4.69, 9.17) is 0 Å². The molecule has 0 spiro atoms. The average Bonchev–Trinajstić information content (AvgIpc) is 2.74. The SMILES string of the molecule is CN1CCN(CC(O)c2cccs2)CC1. The van der Waals surface area contributed by atoms with Gasteiger partial charge in [0.25, 0.3) is 0 Å². The molecule has 0 aromatic carbocycles. The summed E-state index contributed by atoms with van der Waals surface area (Å²) in [6.07, 6.45) is -0.312. The van der Waals surface area contributed by atoms with Gasteiger partial charge in [0.05, 0.1) is 0 Å². The highest BCUT2D eigenvalue weighted by atomic mass is 32.1. The van der Waals surface area contributed by atoms with Crippen molar-refractivity contribution in [3.8, 4) is 0 Å². The molecule has 2 rings (SSSR count). The Morgan fingerprint density at radius 1 is 1.40 bits per heavy atom. The second-order valence-electron chi connectivity index (χ2n) is 4.14. The minimum absolute atomic E-state index is 0.312. The van der Waals surface area contributed by atoms with E-state index in [1.165, 1.54) is 0 Å². The van der Waals surface area contributed by atoms with Crippen molar-refractivity contribution in [2.75, 3.05) is 39.8 Å². The van der Waals surface area contributed by atoms with Gasteiger partial charge in [0, 0.05) is 37.6 Å². The molecule has 1 aromatic heterocycles. The van der Waals surface area contributed by atoms with Crippen LogP contribution in [-0.4, -0.2) is 54.7 Å². The van der Waals surface area contributed by atoms with Crippen LogP contribution in [0.4, 0.5) is 0 Å². The van der Waals surface area contributed by atoms with Crippen LogP contribution in [-0.2, 0) is 0 Å². The zero-order valence-corrected chi connectivity index (χ0v) is 9.91. The van der Waals surface area contributed by atoms with Crippen molar-refractivity contribution in [3.05, 3.63) is 22.4 Å². The van der Waals surface area contributed by atoms with Crippen molar-refractivity contribution in [2.45, 2.75) is 6.10 Å². The largest absolute Gasteiger partial charge is 0.386 e. The van der Waals surface area contributed by atoms with Crippen LogP contribution in [0.5, 0.6) is 0 Å². The van der Waals surface area contributed by atoms with Crippen molar-refractivity contribution in [2.24, 2.45) is 0 Å². The van der Waals surface area contributed by atoms with Gasteiger partial charge in [0.2, 0.25) is 0 Å². The molecule has 1 aliphatic heterocycles. The first-order valence-corrected chi connectivity index (χ1v) is 6.26. The van der Waals surface area contributed by atoms with E-state index in [-0.39, 0.29) is 6.10 Å². The molecule has 2 heterocycles. The van der Waals surface area contributed by atoms with Crippen molar-refractivity contribution in [1.29, 1.82) is 0 Å². The van der Waals surface area contributed by atoms with Gasteiger partial charge in [-0.3, -0.25) is 4.90 Å². The summed E-state index contributed by atoms with van der Waals surface area (Å²) in [4.78, 5) is 5.74. The van der Waals surface area contributed by atoms with Crippen LogP contribution >= 0.6 is 11.3 Å². The lowest BCUT2D eigenvalue weighted by Gasteiger charge is -2.33. The highest BCUT2D eigenvalue weighted by Gasteiger charge is 2.18. The Kier molecular flexibility index (Phi) is 3.75. The molecular formula is C11H18N2OS. The second kappa shape index (κ2) is 5.07. The number of piperazine rings is 1. The van der Waals surface area contributed by atoms with E-state index in [2.05, 4.69) is 16.8 Å². The van der Waals surface area contributed by atoms with Crippen molar-refractivity contribution in [1.82, 2.24) is 9.80 Å². The lowest BCUT2D eigenvalue weighted by atomic mass is 10.2. The molecule has 0 radical (unpaired) electrons. The Morgan fingerprint density at radius 3 is 2.73 bits per heavy atom. The van der Waals surface area contributed by atoms with Gasteiger partial charge in [-0.1, -0.05) is 6.07 Å². The van der Waals surface area contributed by atoms with E-state index in [0.717, 1.165) is 37.6 Å². The van der Waals surface area contributed by atoms with Crippen LogP contribution in [0.2, 0.25) is 0 Å². The molecule has 15 heavy (non-hydrogen) atoms. The average molecular weight is 226 g/mol. The highest BCUT2D eigenvalue weighted by molar-refractivity contribution is 7.10. The maximum atomic E-state index is 9.98. The number of hydrogen-bond donors (Lipinski definition) is 1. The Morgan fingerprint density at radius 2 is 2.13 bits per heavy atom. The molecule has 0 amide bonds. The second-order valence-corrected chi connectivity index (χ2v) is 5.11. The number of aliphatic hydroxyl groups excluding tert-OH is 1. The van der Waals surface area contributed by atoms with Crippen molar-refractivity contribution >= 4 is 11.3 Å². The van der Waals surface area contributed by atoms with Crippen LogP contribution in [0, 0.1) is 0 Å². The smallest absolute Gasteiger partial charge is 0.101 e. The third-order valence-electron chi connectivity index (χ3n) is 2.90. The first kappa shape index (κ1) is 11.1. The van der Waals surface area contributed by atoms with Crippen LogP contribution in [0.3, 0.4) is 0 Å². The normalized spacial score (nSPS) is 21.7. The van der Waals surface area contributed by atoms with E-state index in [9.17, 15) is 5.11 Å². The molecule has 0 saturated carbocycles. The van der Waals surface area contributed by atoms with E-state index in [1.54, 1.807) is 11.3 Å². The number of likely N-dealkylation sites (N-methyl/N-ethyl adjacent to an activating group) is 1. The maximum absolute atomic E-state index is 9.98. The van der Waals surface area contributed by atoms with Gasteiger partial charge in [0.1, 0.15) is 6.10 Å². The summed E-state index contributed by atoms with van der Waals surface area (Å²) < 4.78 is 0. The summed E-state index contributed by atoms with van der Waals surface area (Å²) in [6.45, 7) is 5.13. The van der Waals surface area contributed by atoms with Crippen molar-refractivity contribution < 1.29 is 5.11 Å². The predicted octanol–water partition coefficient (Wildman–Crippen LogP) is 1.03. The van der Waals surface area contributed by atoms with Crippen LogP contribution in [0.25, 0.3) is 0 Å². The third kappa shape index (κ3) is 3.01. The highest BCUT2D eigenvalue weighted by Crippen LogP contribution is 2.19. The van der Waals surface area contributed by atoms with Crippen molar-refractivity contribution in [3.63, 3.8) is 0 Å². The fourth-order valence-electron chi connectivity index (χ4n) is 1.85. The monoisotopic (exact) mass is 226 g/mol. The molecular weight excluding hydrogens is 208 g/mol. The molecule has 1 atom stereocenters. The van der Waals surface area contributed by atoms with E-state index < -0.39 is 0 Å². The number of nitrogens with zero attached hydrogens (tertiary/aromatic N) is 2. The van der Waals surface area contributed by atoms with Crippen LogP contribution in [0.1, 0.15) is 11.0 Å². The summed E-state index contributed by atoms with van der Waals surface area (Å²) in [5, 5.41) is 12.0. The Bertz CT molecular complexity index is 281. The van der Waals surface area contributed by atoms with E-state index in [1.807, 2.05) is 17.5 Å². The molecule has 1 fully saturated rings. The molecule has 3 nitrogen and oxygen atoms in total. The number of β-amino-alcohol motifs (C(OH)–C–C–N with tert-alkyl or cyclic N) is 1. The molecule has 84 valence electrons. The Hall–Kier alpha value is -0.420. The topological polar surface area (TPSA) is 26.7 Å². The van der Waals surface area contributed by atoms with E-state index in [0.29, 0.717) is 0 Å². The predicted molar refractivity (Wildman–Crippen MR) is 63.2 cm³/mol. The summed E-state index contributed by atoms with van der Waals surface area (Å²) in [5.41, 5.74) is 0. The standard InChI is InChI=1S/C11H18N2OS/c1-12-4-6-13(7-5-12)9-10(14)11-3-2-8-15-11/h2-3,8,10,14H,4-7,9H2,1H3. The van der Waals surface area contributed by atoms with Gasteiger partial charge >= 0.3 is 0 Å². The minimum atomic E-state index is -0.312. The first-order valence-electron chi connectivity index (χ1n) is 5.38. The lowest BCUT2D eigenvalue weighted by molar-refractivity contribution is 0.0823. The summed E-state index contributed by atoms with van der Waals surface area (Å²) >= 11 is 1.63. The molecule has 1 saturated heterocycles. The zero-order valence-electron chi connectivity index (χ0n) is 9.09. The molecule has 1 aromatic rings. The summed E-state index contributed by atoms with van der Waals surface area (Å²) in [7, 11) is 2.15. The fraction of sp³-hybridized carbons (Fsp3) is 0.636. The van der Waals surface area contributed by atoms with Gasteiger partial charge in [0.15, 0.2) is 0 Å². The van der Waals surface area contributed by atoms with Gasteiger partial charge in [-0.05, 0) is 18.5 Å². The molecule has 1 unspecified atom stereocenters. The zero-order chi connectivity index (χ0) is 10.7. The molecule has 0 aliphatic carbocycles. The number of rotatable bonds is 3.